The van der Waals surface area contributed by atoms with Gasteiger partial charge in [-0.25, -0.2) is 0 Å². The van der Waals surface area contributed by atoms with Crippen LogP contribution in [-0.4, -0.2) is 10.7 Å². The van der Waals surface area contributed by atoms with Crippen LogP contribution in [0.1, 0.15) is 36.8 Å². The number of hydrogen-bond donors (Lipinski definition) is 2. The van der Waals surface area contributed by atoms with E-state index in [1.165, 1.54) is 11.1 Å². The first-order valence-electron chi connectivity index (χ1n) is 5.70. The van der Waals surface area contributed by atoms with Gasteiger partial charge < -0.3 is 10.8 Å². The van der Waals surface area contributed by atoms with E-state index in [1.54, 1.807) is 0 Å². The maximum atomic E-state index is 10.4. The molecule has 5 aliphatic carbocycles. The average molecular weight is 203 g/mol. The Kier molecular flexibility index (Phi) is 1.77. The first-order chi connectivity index (χ1) is 7.10. The van der Waals surface area contributed by atoms with E-state index >= 15 is 0 Å². The van der Waals surface area contributed by atoms with Crippen molar-refractivity contribution in [3.05, 3.63) is 35.4 Å². The highest BCUT2D eigenvalue weighted by Crippen LogP contribution is 2.42. The Morgan fingerprint density at radius 3 is 2.20 bits per heavy atom. The second kappa shape index (κ2) is 2.83. The standard InChI is InChI=1S/C13H17NO/c14-13-7-5-12(15,6-8-13)9-10-1-3-11(13)4-2-10/h1-4,15H,5-9,14H2. The van der Waals surface area contributed by atoms with Gasteiger partial charge in [-0.3, -0.25) is 0 Å². The third kappa shape index (κ3) is 1.40. The molecular weight excluding hydrogens is 186 g/mol. The van der Waals surface area contributed by atoms with E-state index in [0.29, 0.717) is 0 Å². The van der Waals surface area contributed by atoms with E-state index in [9.17, 15) is 5.11 Å². The van der Waals surface area contributed by atoms with Crippen molar-refractivity contribution in [3.63, 3.8) is 0 Å². The Bertz CT molecular complexity index is 374. The molecule has 1 saturated carbocycles. The van der Waals surface area contributed by atoms with Gasteiger partial charge in [-0.1, -0.05) is 24.3 Å². The Hall–Kier alpha value is -0.860. The minimum Gasteiger partial charge on any atom is -0.390 e. The quantitative estimate of drug-likeness (QED) is 0.674. The molecule has 1 fully saturated rings. The van der Waals surface area contributed by atoms with Crippen molar-refractivity contribution >= 4 is 0 Å². The van der Waals surface area contributed by atoms with Gasteiger partial charge in [0.1, 0.15) is 0 Å². The summed E-state index contributed by atoms with van der Waals surface area (Å²) in [6, 6.07) is 8.48. The minimum atomic E-state index is -0.507. The number of benzene rings is 1. The van der Waals surface area contributed by atoms with Crippen molar-refractivity contribution in [3.8, 4) is 0 Å². The van der Waals surface area contributed by atoms with Gasteiger partial charge in [-0.05, 0) is 36.8 Å². The van der Waals surface area contributed by atoms with Crippen LogP contribution in [0.2, 0.25) is 0 Å². The molecule has 1 aromatic rings. The monoisotopic (exact) mass is 203 g/mol. The zero-order valence-corrected chi connectivity index (χ0v) is 8.87. The van der Waals surface area contributed by atoms with Crippen LogP contribution in [0, 0.1) is 0 Å². The lowest BCUT2D eigenvalue weighted by Gasteiger charge is -2.41. The third-order valence-corrected chi connectivity index (χ3v) is 4.13. The maximum Gasteiger partial charge on any atom is 0.0689 e. The fourth-order valence-electron chi connectivity index (χ4n) is 2.96. The minimum absolute atomic E-state index is 0.199. The van der Waals surface area contributed by atoms with Crippen molar-refractivity contribution < 1.29 is 5.11 Å². The fraction of sp³-hybridized carbons (Fsp3) is 0.538. The van der Waals surface area contributed by atoms with Gasteiger partial charge in [-0.2, -0.15) is 0 Å². The zero-order valence-electron chi connectivity index (χ0n) is 8.87. The van der Waals surface area contributed by atoms with Crippen LogP contribution in [0.15, 0.2) is 24.3 Å². The molecule has 2 heteroatoms. The highest BCUT2D eigenvalue weighted by atomic mass is 16.3. The number of nitrogens with two attached hydrogens (primary N) is 1. The van der Waals surface area contributed by atoms with E-state index in [1.807, 2.05) is 0 Å². The average Bonchev–Trinajstić information content (AvgIpc) is 2.36. The van der Waals surface area contributed by atoms with E-state index in [-0.39, 0.29) is 5.54 Å². The van der Waals surface area contributed by atoms with Gasteiger partial charge in [0.05, 0.1) is 5.60 Å². The molecule has 5 aliphatic rings. The predicted molar refractivity (Wildman–Crippen MR) is 59.4 cm³/mol. The summed E-state index contributed by atoms with van der Waals surface area (Å²) in [6.45, 7) is 0. The Labute approximate surface area is 90.1 Å². The van der Waals surface area contributed by atoms with Crippen LogP contribution in [0.25, 0.3) is 0 Å². The van der Waals surface area contributed by atoms with Crippen molar-refractivity contribution in [2.75, 3.05) is 0 Å². The molecule has 6 rings (SSSR count). The fourth-order valence-corrected chi connectivity index (χ4v) is 2.96. The number of hydrogen-bond acceptors (Lipinski definition) is 2. The van der Waals surface area contributed by atoms with Crippen LogP contribution < -0.4 is 5.73 Å². The summed E-state index contributed by atoms with van der Waals surface area (Å²) in [6.07, 6.45) is 4.25. The summed E-state index contributed by atoms with van der Waals surface area (Å²) in [5.41, 5.74) is 8.17. The van der Waals surface area contributed by atoms with E-state index in [2.05, 4.69) is 24.3 Å². The lowest BCUT2D eigenvalue weighted by atomic mass is 9.71. The SMILES string of the molecule is NC12CCC(O)(CC1)Cc1ccc2cc1. The maximum absolute atomic E-state index is 10.4. The molecule has 1 aromatic carbocycles. The molecule has 4 bridgehead atoms. The third-order valence-electron chi connectivity index (χ3n) is 4.13. The molecule has 0 saturated heterocycles. The van der Waals surface area contributed by atoms with Crippen LogP contribution in [-0.2, 0) is 12.0 Å². The molecule has 0 aromatic heterocycles. The summed E-state index contributed by atoms with van der Waals surface area (Å²) >= 11 is 0. The lowest BCUT2D eigenvalue weighted by molar-refractivity contribution is -0.0143. The van der Waals surface area contributed by atoms with Gasteiger partial charge in [0.15, 0.2) is 0 Å². The largest absolute Gasteiger partial charge is 0.390 e. The molecule has 15 heavy (non-hydrogen) atoms. The molecule has 0 unspecified atom stereocenters. The highest BCUT2D eigenvalue weighted by Gasteiger charge is 2.41. The summed E-state index contributed by atoms with van der Waals surface area (Å²) < 4.78 is 0. The number of rotatable bonds is 0. The van der Waals surface area contributed by atoms with Gasteiger partial charge in [0.25, 0.3) is 0 Å². The van der Waals surface area contributed by atoms with E-state index < -0.39 is 5.60 Å². The topological polar surface area (TPSA) is 46.2 Å². The van der Waals surface area contributed by atoms with E-state index in [0.717, 1.165) is 32.1 Å². The molecule has 0 aliphatic heterocycles. The van der Waals surface area contributed by atoms with Gasteiger partial charge in [0, 0.05) is 12.0 Å². The summed E-state index contributed by atoms with van der Waals surface area (Å²) in [7, 11) is 0. The molecule has 0 radical (unpaired) electrons. The van der Waals surface area contributed by atoms with Crippen LogP contribution >= 0.6 is 0 Å². The van der Waals surface area contributed by atoms with E-state index in [4.69, 9.17) is 5.73 Å². The Balaban J connectivity index is 2.14. The Morgan fingerprint density at radius 2 is 1.60 bits per heavy atom. The molecule has 0 amide bonds. The predicted octanol–water partition coefficient (Wildman–Crippen LogP) is 1.70. The van der Waals surface area contributed by atoms with Crippen molar-refractivity contribution in [1.29, 1.82) is 0 Å². The molecule has 0 heterocycles. The Morgan fingerprint density at radius 1 is 1.00 bits per heavy atom. The second-order valence-electron chi connectivity index (χ2n) is 5.25. The first kappa shape index (κ1) is 9.37. The highest BCUT2D eigenvalue weighted by molar-refractivity contribution is 5.32. The van der Waals surface area contributed by atoms with Gasteiger partial charge in [-0.15, -0.1) is 0 Å². The molecule has 3 N–H and O–H groups in total. The lowest BCUT2D eigenvalue weighted by Crippen LogP contribution is -2.46. The molecule has 2 nitrogen and oxygen atoms in total. The zero-order chi connectivity index (χ0) is 10.5. The number of aliphatic hydroxyl groups is 1. The molecular formula is C13H17NO. The van der Waals surface area contributed by atoms with Gasteiger partial charge in [0.2, 0.25) is 0 Å². The summed E-state index contributed by atoms with van der Waals surface area (Å²) in [5, 5.41) is 10.4. The van der Waals surface area contributed by atoms with Crippen LogP contribution in [0.3, 0.4) is 0 Å². The summed E-state index contributed by atoms with van der Waals surface area (Å²) in [5.74, 6) is 0. The molecule has 80 valence electrons. The van der Waals surface area contributed by atoms with Gasteiger partial charge >= 0.3 is 0 Å². The van der Waals surface area contributed by atoms with Crippen molar-refractivity contribution in [2.45, 2.75) is 43.2 Å². The summed E-state index contributed by atoms with van der Waals surface area (Å²) in [4.78, 5) is 0. The second-order valence-corrected chi connectivity index (χ2v) is 5.25. The molecule has 0 atom stereocenters. The smallest absolute Gasteiger partial charge is 0.0689 e. The van der Waals surface area contributed by atoms with Crippen LogP contribution in [0.5, 0.6) is 0 Å². The first-order valence-corrected chi connectivity index (χ1v) is 5.70. The van der Waals surface area contributed by atoms with Crippen molar-refractivity contribution in [2.24, 2.45) is 5.73 Å². The normalized spacial score (nSPS) is 38.5. The van der Waals surface area contributed by atoms with Crippen molar-refractivity contribution in [1.82, 2.24) is 0 Å². The van der Waals surface area contributed by atoms with Crippen LogP contribution in [0.4, 0.5) is 0 Å². The molecule has 0 spiro atoms.